The van der Waals surface area contributed by atoms with Gasteiger partial charge in [-0.25, -0.2) is 0 Å². The first kappa shape index (κ1) is 7.58. The van der Waals surface area contributed by atoms with E-state index in [4.69, 9.17) is 5.11 Å². The standard InChI is InChI=1S/C8H14O2/c1-2-3-4-6-5-7(6)8(9)10/h6-7H,2-5H2,1H3,(H,9,10)/t6-,7+/m1/s1. The van der Waals surface area contributed by atoms with Crippen LogP contribution in [0.15, 0.2) is 0 Å². The Labute approximate surface area is 61.2 Å². The first-order valence-corrected chi connectivity index (χ1v) is 3.98. The third-order valence-corrected chi connectivity index (χ3v) is 2.17. The lowest BCUT2D eigenvalue weighted by Crippen LogP contribution is -1.99. The summed E-state index contributed by atoms with van der Waals surface area (Å²) >= 11 is 0. The molecule has 10 heavy (non-hydrogen) atoms. The van der Waals surface area contributed by atoms with Crippen LogP contribution in [0.4, 0.5) is 0 Å². The van der Waals surface area contributed by atoms with Gasteiger partial charge < -0.3 is 5.11 Å². The molecule has 1 aliphatic rings. The van der Waals surface area contributed by atoms with Gasteiger partial charge in [0.2, 0.25) is 0 Å². The Bertz CT molecular complexity index is 131. The highest BCUT2D eigenvalue weighted by Gasteiger charge is 2.41. The molecule has 2 heteroatoms. The van der Waals surface area contributed by atoms with Gasteiger partial charge in [0.1, 0.15) is 0 Å². The summed E-state index contributed by atoms with van der Waals surface area (Å²) in [6, 6.07) is 0. The van der Waals surface area contributed by atoms with Gasteiger partial charge in [-0.05, 0) is 18.8 Å². The number of aliphatic carboxylic acids is 1. The van der Waals surface area contributed by atoms with Crippen molar-refractivity contribution in [1.29, 1.82) is 0 Å². The molecule has 0 unspecified atom stereocenters. The molecule has 1 fully saturated rings. The van der Waals surface area contributed by atoms with Crippen molar-refractivity contribution in [2.45, 2.75) is 32.6 Å². The van der Waals surface area contributed by atoms with Crippen molar-refractivity contribution in [2.75, 3.05) is 0 Å². The second-order valence-corrected chi connectivity index (χ2v) is 3.08. The third kappa shape index (κ3) is 1.72. The minimum atomic E-state index is -0.596. The second-order valence-electron chi connectivity index (χ2n) is 3.08. The number of hydrogen-bond acceptors (Lipinski definition) is 1. The molecule has 0 radical (unpaired) electrons. The molecule has 0 aliphatic heterocycles. The summed E-state index contributed by atoms with van der Waals surface area (Å²) in [5, 5.41) is 8.52. The first-order valence-electron chi connectivity index (χ1n) is 3.98. The lowest BCUT2D eigenvalue weighted by Gasteiger charge is -1.92. The van der Waals surface area contributed by atoms with Crippen LogP contribution in [0, 0.1) is 11.8 Å². The largest absolute Gasteiger partial charge is 0.481 e. The van der Waals surface area contributed by atoms with Crippen LogP contribution in [-0.4, -0.2) is 11.1 Å². The van der Waals surface area contributed by atoms with E-state index in [-0.39, 0.29) is 5.92 Å². The second kappa shape index (κ2) is 3.04. The van der Waals surface area contributed by atoms with Crippen molar-refractivity contribution in [2.24, 2.45) is 11.8 Å². The van der Waals surface area contributed by atoms with E-state index in [0.29, 0.717) is 5.92 Å². The normalized spacial score (nSPS) is 30.1. The van der Waals surface area contributed by atoms with Crippen LogP contribution in [0.25, 0.3) is 0 Å². The average Bonchev–Trinajstić information content (AvgIpc) is 2.62. The van der Waals surface area contributed by atoms with Crippen LogP contribution in [0.2, 0.25) is 0 Å². The third-order valence-electron chi connectivity index (χ3n) is 2.17. The number of hydrogen-bond donors (Lipinski definition) is 1. The molecular formula is C8H14O2. The van der Waals surface area contributed by atoms with E-state index in [1.807, 2.05) is 0 Å². The summed E-state index contributed by atoms with van der Waals surface area (Å²) in [5.74, 6) is -0.0786. The Morgan fingerprint density at radius 3 is 2.80 bits per heavy atom. The molecule has 0 amide bonds. The molecule has 0 aromatic rings. The summed E-state index contributed by atoms with van der Waals surface area (Å²) < 4.78 is 0. The van der Waals surface area contributed by atoms with Crippen LogP contribution in [0.3, 0.4) is 0 Å². The molecule has 58 valence electrons. The van der Waals surface area contributed by atoms with E-state index in [2.05, 4.69) is 6.92 Å². The quantitative estimate of drug-likeness (QED) is 0.650. The Morgan fingerprint density at radius 2 is 2.40 bits per heavy atom. The summed E-state index contributed by atoms with van der Waals surface area (Å²) in [6.07, 6.45) is 4.42. The van der Waals surface area contributed by atoms with Gasteiger partial charge in [0.05, 0.1) is 5.92 Å². The summed E-state index contributed by atoms with van der Waals surface area (Å²) in [6.45, 7) is 2.14. The van der Waals surface area contributed by atoms with Gasteiger partial charge in [-0.3, -0.25) is 4.79 Å². The van der Waals surface area contributed by atoms with Crippen LogP contribution in [0.1, 0.15) is 32.6 Å². The molecular weight excluding hydrogens is 128 g/mol. The van der Waals surface area contributed by atoms with Gasteiger partial charge in [-0.2, -0.15) is 0 Å². The van der Waals surface area contributed by atoms with Gasteiger partial charge in [-0.15, -0.1) is 0 Å². The Balaban J connectivity index is 2.08. The predicted octanol–water partition coefficient (Wildman–Crippen LogP) is 1.90. The number of carbonyl (C=O) groups is 1. The van der Waals surface area contributed by atoms with Gasteiger partial charge >= 0.3 is 5.97 Å². The molecule has 0 saturated heterocycles. The van der Waals surface area contributed by atoms with Crippen LogP contribution >= 0.6 is 0 Å². The van der Waals surface area contributed by atoms with Crippen molar-refractivity contribution in [3.8, 4) is 0 Å². The highest BCUT2D eigenvalue weighted by atomic mass is 16.4. The fraction of sp³-hybridized carbons (Fsp3) is 0.875. The topological polar surface area (TPSA) is 37.3 Å². The van der Waals surface area contributed by atoms with E-state index in [9.17, 15) is 4.79 Å². The molecule has 0 bridgehead atoms. The van der Waals surface area contributed by atoms with Gasteiger partial charge in [0.15, 0.2) is 0 Å². The van der Waals surface area contributed by atoms with Crippen molar-refractivity contribution in [3.63, 3.8) is 0 Å². The fourth-order valence-electron chi connectivity index (χ4n) is 1.34. The Kier molecular flexibility index (Phi) is 2.30. The van der Waals surface area contributed by atoms with Crippen molar-refractivity contribution < 1.29 is 9.90 Å². The lowest BCUT2D eigenvalue weighted by molar-refractivity contribution is -0.138. The maximum absolute atomic E-state index is 10.3. The molecule has 1 saturated carbocycles. The van der Waals surface area contributed by atoms with Crippen LogP contribution < -0.4 is 0 Å². The number of unbranched alkanes of at least 4 members (excludes halogenated alkanes) is 1. The zero-order valence-electron chi connectivity index (χ0n) is 6.34. The van der Waals surface area contributed by atoms with E-state index in [1.165, 1.54) is 12.8 Å². The van der Waals surface area contributed by atoms with Crippen LogP contribution in [-0.2, 0) is 4.79 Å². The molecule has 0 heterocycles. The molecule has 2 atom stereocenters. The summed E-state index contributed by atoms with van der Waals surface area (Å²) in [4.78, 5) is 10.3. The van der Waals surface area contributed by atoms with Crippen LogP contribution in [0.5, 0.6) is 0 Å². The summed E-state index contributed by atoms with van der Waals surface area (Å²) in [7, 11) is 0. The van der Waals surface area contributed by atoms with Gasteiger partial charge in [-0.1, -0.05) is 19.8 Å². The van der Waals surface area contributed by atoms with E-state index < -0.39 is 5.97 Å². The highest BCUT2D eigenvalue weighted by molar-refractivity contribution is 5.73. The fourth-order valence-corrected chi connectivity index (χ4v) is 1.34. The lowest BCUT2D eigenvalue weighted by atomic mass is 10.1. The minimum Gasteiger partial charge on any atom is -0.481 e. The SMILES string of the molecule is CCCC[C@@H]1C[C@@H]1C(=O)O. The highest BCUT2D eigenvalue weighted by Crippen LogP contribution is 2.42. The van der Waals surface area contributed by atoms with Crippen molar-refractivity contribution in [3.05, 3.63) is 0 Å². The van der Waals surface area contributed by atoms with Crippen molar-refractivity contribution >= 4 is 5.97 Å². The molecule has 1 aliphatic carbocycles. The number of carboxylic acid groups (broad SMARTS) is 1. The van der Waals surface area contributed by atoms with Gasteiger partial charge in [0.25, 0.3) is 0 Å². The van der Waals surface area contributed by atoms with Gasteiger partial charge in [0, 0.05) is 0 Å². The van der Waals surface area contributed by atoms with E-state index >= 15 is 0 Å². The smallest absolute Gasteiger partial charge is 0.306 e. The number of carboxylic acids is 1. The van der Waals surface area contributed by atoms with E-state index in [1.54, 1.807) is 0 Å². The molecule has 1 rings (SSSR count). The average molecular weight is 142 g/mol. The monoisotopic (exact) mass is 142 g/mol. The Hall–Kier alpha value is -0.530. The maximum atomic E-state index is 10.3. The maximum Gasteiger partial charge on any atom is 0.306 e. The van der Waals surface area contributed by atoms with Crippen molar-refractivity contribution in [1.82, 2.24) is 0 Å². The first-order chi connectivity index (χ1) is 4.75. The zero-order valence-corrected chi connectivity index (χ0v) is 6.34. The molecule has 0 aromatic carbocycles. The minimum absolute atomic E-state index is 0.00606. The van der Waals surface area contributed by atoms with E-state index in [0.717, 1.165) is 12.8 Å². The predicted molar refractivity (Wildman–Crippen MR) is 38.8 cm³/mol. The number of rotatable bonds is 4. The Morgan fingerprint density at radius 1 is 1.70 bits per heavy atom. The molecule has 1 N–H and O–H groups in total. The zero-order chi connectivity index (χ0) is 7.56. The summed E-state index contributed by atoms with van der Waals surface area (Å²) in [5.41, 5.74) is 0. The molecule has 0 spiro atoms. The molecule has 2 nitrogen and oxygen atoms in total. The molecule has 0 aromatic heterocycles.